The minimum atomic E-state index is -3.22. The number of sulfone groups is 1. The maximum absolute atomic E-state index is 13.6. The van der Waals surface area contributed by atoms with Crippen molar-refractivity contribution in [1.82, 2.24) is 14.9 Å². The number of alkyl halides is 2. The summed E-state index contributed by atoms with van der Waals surface area (Å²) < 4.78 is 58.1. The van der Waals surface area contributed by atoms with Crippen molar-refractivity contribution in [1.29, 1.82) is 0 Å². The van der Waals surface area contributed by atoms with Gasteiger partial charge in [-0.1, -0.05) is 12.1 Å². The zero-order valence-corrected chi connectivity index (χ0v) is 22.9. The lowest BCUT2D eigenvalue weighted by molar-refractivity contribution is 0.0116. The van der Waals surface area contributed by atoms with Gasteiger partial charge in [-0.3, -0.25) is 4.90 Å². The molecule has 0 amide bonds. The van der Waals surface area contributed by atoms with Crippen LogP contribution in [0.5, 0.6) is 0 Å². The third-order valence-corrected chi connectivity index (χ3v) is 11.3. The van der Waals surface area contributed by atoms with E-state index in [1.54, 1.807) is 23.2 Å². The van der Waals surface area contributed by atoms with Gasteiger partial charge in [0.25, 0.3) is 5.92 Å². The molecule has 3 fully saturated rings. The summed E-state index contributed by atoms with van der Waals surface area (Å²) in [4.78, 5) is 11.3. The molecule has 2 aliphatic heterocycles. The smallest absolute Gasteiger partial charge is 0.261 e. The van der Waals surface area contributed by atoms with Crippen molar-refractivity contribution in [2.75, 3.05) is 26.3 Å². The number of thiazole rings is 1. The highest BCUT2D eigenvalue weighted by Crippen LogP contribution is 2.38. The highest BCUT2D eigenvalue weighted by Gasteiger charge is 2.38. The van der Waals surface area contributed by atoms with Gasteiger partial charge in [-0.2, -0.15) is 0 Å². The highest BCUT2D eigenvalue weighted by molar-refractivity contribution is 7.92. The Morgan fingerprint density at radius 2 is 1.87 bits per heavy atom. The van der Waals surface area contributed by atoms with Crippen LogP contribution in [0.2, 0.25) is 0 Å². The van der Waals surface area contributed by atoms with Crippen LogP contribution >= 0.6 is 11.3 Å². The average molecular weight is 562 g/mol. The third kappa shape index (κ3) is 5.73. The van der Waals surface area contributed by atoms with Crippen molar-refractivity contribution >= 4 is 21.2 Å². The van der Waals surface area contributed by atoms with E-state index in [9.17, 15) is 17.2 Å². The maximum atomic E-state index is 13.6. The van der Waals surface area contributed by atoms with Gasteiger partial charge in [0, 0.05) is 55.4 Å². The van der Waals surface area contributed by atoms with Gasteiger partial charge in [0.2, 0.25) is 0 Å². The molecule has 204 valence electrons. The number of halogens is 2. The zero-order valence-electron chi connectivity index (χ0n) is 21.2. The van der Waals surface area contributed by atoms with Gasteiger partial charge in [0.1, 0.15) is 5.01 Å². The van der Waals surface area contributed by atoms with Gasteiger partial charge in [-0.25, -0.2) is 22.2 Å². The van der Waals surface area contributed by atoms with Gasteiger partial charge < -0.3 is 9.72 Å². The van der Waals surface area contributed by atoms with Crippen LogP contribution in [0.15, 0.2) is 47.5 Å². The first-order chi connectivity index (χ1) is 18.3. The second-order valence-electron chi connectivity index (χ2n) is 10.9. The number of aromatic amines is 1. The molecule has 1 unspecified atom stereocenters. The van der Waals surface area contributed by atoms with Gasteiger partial charge in [-0.15, -0.1) is 11.3 Å². The van der Waals surface area contributed by atoms with Crippen LogP contribution in [0, 0.1) is 5.92 Å². The number of hydrogen-bond acceptors (Lipinski definition) is 6. The number of nitrogens with one attached hydrogen (secondary N) is 1. The van der Waals surface area contributed by atoms with Gasteiger partial charge >= 0.3 is 0 Å². The number of benzene rings is 1. The number of aromatic nitrogens is 2. The third-order valence-electron chi connectivity index (χ3n) is 7.98. The quantitative estimate of drug-likeness (QED) is 0.354. The minimum absolute atomic E-state index is 0.0827. The van der Waals surface area contributed by atoms with Crippen LogP contribution < -0.4 is 0 Å². The Bertz CT molecular complexity index is 1360. The predicted octanol–water partition coefficient (Wildman–Crippen LogP) is 5.86. The van der Waals surface area contributed by atoms with E-state index < -0.39 is 15.8 Å². The molecule has 6 rings (SSSR count). The van der Waals surface area contributed by atoms with E-state index in [1.807, 2.05) is 18.2 Å². The van der Waals surface area contributed by atoms with Crippen molar-refractivity contribution in [3.05, 3.63) is 58.7 Å². The number of likely N-dealkylation sites (tertiary alicyclic amines) is 1. The lowest BCUT2D eigenvalue weighted by atomic mass is 9.83. The van der Waals surface area contributed by atoms with E-state index in [0.717, 1.165) is 72.2 Å². The van der Waals surface area contributed by atoms with Crippen LogP contribution in [0.4, 0.5) is 8.78 Å². The fourth-order valence-corrected chi connectivity index (χ4v) is 8.22. The molecule has 6 nitrogen and oxygen atoms in total. The fraction of sp³-hybridized carbons (Fsp3) is 0.536. The molecule has 1 aliphatic carbocycles. The normalized spacial score (nSPS) is 21.6. The average Bonchev–Trinajstić information content (AvgIpc) is 3.33. The van der Waals surface area contributed by atoms with E-state index in [0.29, 0.717) is 23.9 Å². The summed E-state index contributed by atoms with van der Waals surface area (Å²) in [6.07, 6.45) is 6.20. The van der Waals surface area contributed by atoms with Crippen molar-refractivity contribution in [3.8, 4) is 10.7 Å². The molecule has 1 saturated carbocycles. The lowest BCUT2D eigenvalue weighted by Crippen LogP contribution is -2.24. The Kier molecular flexibility index (Phi) is 7.17. The Labute approximate surface area is 226 Å². The fourth-order valence-electron chi connectivity index (χ4n) is 5.63. The maximum Gasteiger partial charge on any atom is 0.261 e. The SMILES string of the molecule is O=S(=O)(c1ccc(C(CC2CCOCC2)c2ccc(-c3ncc(CN4CCC(F)(F)C4)s3)[nH]2)cc1)C1CC1. The van der Waals surface area contributed by atoms with Gasteiger partial charge in [0.15, 0.2) is 9.84 Å². The van der Waals surface area contributed by atoms with E-state index >= 15 is 0 Å². The molecule has 4 heterocycles. The molecule has 10 heteroatoms. The van der Waals surface area contributed by atoms with Crippen molar-refractivity contribution < 1.29 is 21.9 Å². The van der Waals surface area contributed by atoms with Crippen molar-refractivity contribution in [2.24, 2.45) is 5.92 Å². The summed E-state index contributed by atoms with van der Waals surface area (Å²) in [5.41, 5.74) is 3.07. The Hall–Kier alpha value is -2.14. The Morgan fingerprint density at radius 1 is 1.11 bits per heavy atom. The number of nitrogens with zero attached hydrogens (tertiary/aromatic N) is 2. The molecule has 2 saturated heterocycles. The molecular weight excluding hydrogens is 528 g/mol. The largest absolute Gasteiger partial charge is 0.381 e. The minimum Gasteiger partial charge on any atom is -0.381 e. The molecule has 0 spiro atoms. The van der Waals surface area contributed by atoms with E-state index in [1.165, 1.54) is 11.3 Å². The lowest BCUT2D eigenvalue weighted by Gasteiger charge is -2.27. The van der Waals surface area contributed by atoms with E-state index in [-0.39, 0.29) is 24.1 Å². The highest BCUT2D eigenvalue weighted by atomic mass is 32.2. The summed E-state index contributed by atoms with van der Waals surface area (Å²) in [6, 6.07) is 11.6. The number of hydrogen-bond donors (Lipinski definition) is 1. The van der Waals surface area contributed by atoms with Crippen LogP contribution in [0.1, 0.15) is 60.6 Å². The summed E-state index contributed by atoms with van der Waals surface area (Å²) in [5.74, 6) is -1.97. The van der Waals surface area contributed by atoms with Crippen LogP contribution in [-0.2, 0) is 21.1 Å². The monoisotopic (exact) mass is 561 g/mol. The Balaban J connectivity index is 1.22. The molecule has 1 N–H and O–H groups in total. The van der Waals surface area contributed by atoms with Crippen LogP contribution in [-0.4, -0.2) is 60.8 Å². The molecular formula is C28H33F2N3O3S2. The molecule has 1 atom stereocenters. The van der Waals surface area contributed by atoms with E-state index in [4.69, 9.17) is 4.74 Å². The first-order valence-corrected chi connectivity index (χ1v) is 15.8. The molecule has 38 heavy (non-hydrogen) atoms. The first kappa shape index (κ1) is 26.1. The van der Waals surface area contributed by atoms with E-state index in [2.05, 4.69) is 16.0 Å². The molecule has 1 aromatic carbocycles. The molecule has 3 aliphatic rings. The standard InChI is InChI=1S/C28H33F2N3O3S2/c29-28(30)11-12-33(18-28)17-21-16-31-27(37-21)26-8-7-25(32-26)24(15-19-9-13-36-14-10-19)20-1-3-22(4-2-20)38(34,35)23-5-6-23/h1-4,7-8,16,19,23-24,32H,5-6,9-15,17-18H2. The topological polar surface area (TPSA) is 75.3 Å². The van der Waals surface area contributed by atoms with Gasteiger partial charge in [-0.05, 0) is 67.9 Å². The van der Waals surface area contributed by atoms with Gasteiger partial charge in [0.05, 0.1) is 22.4 Å². The number of rotatable bonds is 9. The van der Waals surface area contributed by atoms with Crippen molar-refractivity contribution in [2.45, 2.75) is 67.1 Å². The summed E-state index contributed by atoms with van der Waals surface area (Å²) in [5, 5.41) is 0.621. The Morgan fingerprint density at radius 3 is 2.55 bits per heavy atom. The number of H-pyrrole nitrogens is 1. The second-order valence-corrected chi connectivity index (χ2v) is 14.3. The number of ether oxygens (including phenoxy) is 1. The zero-order chi connectivity index (χ0) is 26.3. The summed E-state index contributed by atoms with van der Waals surface area (Å²) in [7, 11) is -3.22. The van der Waals surface area contributed by atoms with Crippen LogP contribution in [0.3, 0.4) is 0 Å². The molecule has 0 radical (unpaired) electrons. The summed E-state index contributed by atoms with van der Waals surface area (Å²) in [6.45, 7) is 2.25. The predicted molar refractivity (Wildman–Crippen MR) is 143 cm³/mol. The second kappa shape index (κ2) is 10.4. The molecule has 3 aromatic rings. The van der Waals surface area contributed by atoms with Crippen molar-refractivity contribution in [3.63, 3.8) is 0 Å². The summed E-state index contributed by atoms with van der Waals surface area (Å²) >= 11 is 1.53. The molecule has 2 aromatic heterocycles. The van der Waals surface area contributed by atoms with Crippen LogP contribution in [0.25, 0.3) is 10.7 Å². The molecule has 0 bridgehead atoms. The first-order valence-electron chi connectivity index (χ1n) is 13.4.